The summed E-state index contributed by atoms with van der Waals surface area (Å²) in [5.74, 6) is 0.724. The fourth-order valence-electron chi connectivity index (χ4n) is 5.31. The molecule has 0 aromatic heterocycles. The molecule has 0 aromatic carbocycles. The molecule has 0 rings (SSSR count). The van der Waals surface area contributed by atoms with Crippen LogP contribution < -0.4 is 0 Å². The van der Waals surface area contributed by atoms with Crippen LogP contribution >= 0.6 is 0 Å². The van der Waals surface area contributed by atoms with Gasteiger partial charge < -0.3 is 14.2 Å². The number of unbranched alkanes of at least 4 members (excludes halogenated alkanes) is 16. The topological polar surface area (TPSA) is 78.9 Å². The van der Waals surface area contributed by atoms with Crippen molar-refractivity contribution in [1.29, 1.82) is 0 Å². The monoisotopic (exact) mass is 625 g/mol. The first-order chi connectivity index (χ1) is 21.3. The number of carbonyl (C=O) groups excluding carboxylic acids is 3. The van der Waals surface area contributed by atoms with E-state index in [0.29, 0.717) is 19.3 Å². The van der Waals surface area contributed by atoms with E-state index in [1.807, 2.05) is 0 Å². The minimum Gasteiger partial charge on any atom is -0.462 e. The molecule has 260 valence electrons. The van der Waals surface area contributed by atoms with E-state index in [-0.39, 0.29) is 31.1 Å². The first kappa shape index (κ1) is 42.4. The number of ether oxygens (including phenoxy) is 3. The molecule has 0 fully saturated rings. The van der Waals surface area contributed by atoms with Crippen molar-refractivity contribution in [3.8, 4) is 0 Å². The van der Waals surface area contributed by atoms with Crippen molar-refractivity contribution in [2.75, 3.05) is 13.2 Å². The lowest BCUT2D eigenvalue weighted by Gasteiger charge is -2.18. The smallest absolute Gasteiger partial charge is 0.306 e. The van der Waals surface area contributed by atoms with E-state index in [1.54, 1.807) is 0 Å². The fraction of sp³-hybridized carbons (Fsp3) is 0.921. The SMILES string of the molecule is CCCCCCCC(=O)O[C@H](COC(=O)CCCCCCCCCCC(C)C)COC(=O)CCCCCCCCC(C)CC. The number of hydrogen-bond donors (Lipinski definition) is 0. The average Bonchev–Trinajstić information content (AvgIpc) is 3.00. The van der Waals surface area contributed by atoms with Gasteiger partial charge in [0.1, 0.15) is 13.2 Å². The Morgan fingerprint density at radius 1 is 0.477 bits per heavy atom. The molecule has 0 aliphatic heterocycles. The third-order valence-corrected chi connectivity index (χ3v) is 8.58. The molecule has 0 spiro atoms. The van der Waals surface area contributed by atoms with E-state index < -0.39 is 6.10 Å². The van der Waals surface area contributed by atoms with Crippen molar-refractivity contribution >= 4 is 17.9 Å². The van der Waals surface area contributed by atoms with Gasteiger partial charge >= 0.3 is 17.9 Å². The Labute approximate surface area is 272 Å². The minimum absolute atomic E-state index is 0.0687. The standard InChI is InChI=1S/C38H72O6/c1-6-8-9-16-25-30-38(41)44-35(32-43-37(40)29-24-20-15-14-18-22-27-34(5)7-2)31-42-36(39)28-23-19-13-11-10-12-17-21-26-33(3)4/h33-35H,6-32H2,1-5H3/t34?,35-/m1/s1. The van der Waals surface area contributed by atoms with Gasteiger partial charge in [-0.3, -0.25) is 14.4 Å². The normalized spacial score (nSPS) is 12.7. The number of hydrogen-bond acceptors (Lipinski definition) is 6. The van der Waals surface area contributed by atoms with Gasteiger partial charge in [-0.2, -0.15) is 0 Å². The fourth-order valence-corrected chi connectivity index (χ4v) is 5.31. The molecule has 0 radical (unpaired) electrons. The molecule has 6 heteroatoms. The zero-order valence-electron chi connectivity index (χ0n) is 29.8. The van der Waals surface area contributed by atoms with Crippen molar-refractivity contribution in [3.05, 3.63) is 0 Å². The largest absolute Gasteiger partial charge is 0.462 e. The Bertz CT molecular complexity index is 676. The van der Waals surface area contributed by atoms with E-state index in [1.165, 1.54) is 77.0 Å². The van der Waals surface area contributed by atoms with E-state index in [0.717, 1.165) is 76.0 Å². The van der Waals surface area contributed by atoms with Gasteiger partial charge in [-0.25, -0.2) is 0 Å². The van der Waals surface area contributed by atoms with Crippen molar-refractivity contribution in [1.82, 2.24) is 0 Å². The number of esters is 3. The Hall–Kier alpha value is -1.59. The van der Waals surface area contributed by atoms with E-state index in [9.17, 15) is 14.4 Å². The van der Waals surface area contributed by atoms with E-state index in [2.05, 4.69) is 34.6 Å². The average molecular weight is 625 g/mol. The molecule has 0 aromatic rings. The number of rotatable bonds is 32. The van der Waals surface area contributed by atoms with Crippen molar-refractivity contribution in [2.45, 2.75) is 201 Å². The van der Waals surface area contributed by atoms with Gasteiger partial charge in [0.05, 0.1) is 0 Å². The van der Waals surface area contributed by atoms with Gasteiger partial charge in [-0.05, 0) is 31.1 Å². The molecular weight excluding hydrogens is 552 g/mol. The summed E-state index contributed by atoms with van der Waals surface area (Å²) in [5.41, 5.74) is 0. The summed E-state index contributed by atoms with van der Waals surface area (Å²) in [5, 5.41) is 0. The minimum atomic E-state index is -0.757. The molecule has 6 nitrogen and oxygen atoms in total. The van der Waals surface area contributed by atoms with E-state index in [4.69, 9.17) is 14.2 Å². The maximum Gasteiger partial charge on any atom is 0.306 e. The van der Waals surface area contributed by atoms with Crippen LogP contribution in [-0.4, -0.2) is 37.2 Å². The summed E-state index contributed by atoms with van der Waals surface area (Å²) < 4.78 is 16.5. The summed E-state index contributed by atoms with van der Waals surface area (Å²) in [4.78, 5) is 37.1. The molecule has 44 heavy (non-hydrogen) atoms. The highest BCUT2D eigenvalue weighted by molar-refractivity contribution is 5.71. The van der Waals surface area contributed by atoms with Crippen molar-refractivity contribution in [2.24, 2.45) is 11.8 Å². The zero-order chi connectivity index (χ0) is 32.7. The van der Waals surface area contributed by atoms with Gasteiger partial charge in [0.2, 0.25) is 0 Å². The van der Waals surface area contributed by atoms with E-state index >= 15 is 0 Å². The van der Waals surface area contributed by atoms with Gasteiger partial charge in [-0.1, -0.05) is 157 Å². The first-order valence-corrected chi connectivity index (χ1v) is 18.8. The molecule has 1 unspecified atom stereocenters. The third-order valence-electron chi connectivity index (χ3n) is 8.58. The lowest BCUT2D eigenvalue weighted by molar-refractivity contribution is -0.167. The lowest BCUT2D eigenvalue weighted by atomic mass is 10.00. The third kappa shape index (κ3) is 30.4. The van der Waals surface area contributed by atoms with Crippen LogP contribution in [0.5, 0.6) is 0 Å². The molecule has 0 saturated carbocycles. The lowest BCUT2D eigenvalue weighted by Crippen LogP contribution is -2.30. The molecule has 0 saturated heterocycles. The second-order valence-corrected chi connectivity index (χ2v) is 13.6. The predicted octanol–water partition coefficient (Wildman–Crippen LogP) is 11.1. The summed E-state index contributed by atoms with van der Waals surface area (Å²) in [6.07, 6.45) is 25.5. The Kier molecular flexibility index (Phi) is 30.3. The quantitative estimate of drug-likeness (QED) is 0.0421. The molecule has 2 atom stereocenters. The second-order valence-electron chi connectivity index (χ2n) is 13.6. The van der Waals surface area contributed by atoms with Gasteiger partial charge in [0.15, 0.2) is 6.10 Å². The van der Waals surface area contributed by atoms with Crippen molar-refractivity contribution in [3.63, 3.8) is 0 Å². The zero-order valence-corrected chi connectivity index (χ0v) is 29.8. The van der Waals surface area contributed by atoms with Crippen LogP contribution in [0.1, 0.15) is 195 Å². The predicted molar refractivity (Wildman–Crippen MR) is 183 cm³/mol. The highest BCUT2D eigenvalue weighted by Gasteiger charge is 2.19. The Morgan fingerprint density at radius 2 is 0.864 bits per heavy atom. The maximum absolute atomic E-state index is 12.4. The molecule has 0 amide bonds. The van der Waals surface area contributed by atoms with Crippen LogP contribution in [0.15, 0.2) is 0 Å². The first-order valence-electron chi connectivity index (χ1n) is 18.8. The number of carbonyl (C=O) groups is 3. The highest BCUT2D eigenvalue weighted by Crippen LogP contribution is 2.16. The van der Waals surface area contributed by atoms with Gasteiger partial charge in [0.25, 0.3) is 0 Å². The maximum atomic E-state index is 12.4. The Balaban J connectivity index is 4.27. The van der Waals surface area contributed by atoms with Crippen molar-refractivity contribution < 1.29 is 28.6 Å². The van der Waals surface area contributed by atoms with Crippen LogP contribution in [0.3, 0.4) is 0 Å². The van der Waals surface area contributed by atoms with Gasteiger partial charge in [-0.15, -0.1) is 0 Å². The van der Waals surface area contributed by atoms with Crippen LogP contribution in [-0.2, 0) is 28.6 Å². The molecular formula is C38H72O6. The molecule has 0 heterocycles. The summed E-state index contributed by atoms with van der Waals surface area (Å²) in [6, 6.07) is 0. The van der Waals surface area contributed by atoms with Crippen LogP contribution in [0.2, 0.25) is 0 Å². The molecule has 0 bridgehead atoms. The molecule has 0 aliphatic rings. The summed E-state index contributed by atoms with van der Waals surface area (Å²) >= 11 is 0. The molecule has 0 N–H and O–H groups in total. The Morgan fingerprint density at radius 3 is 1.30 bits per heavy atom. The molecule has 0 aliphatic carbocycles. The van der Waals surface area contributed by atoms with Gasteiger partial charge in [0, 0.05) is 19.3 Å². The van der Waals surface area contributed by atoms with Crippen LogP contribution in [0, 0.1) is 11.8 Å². The van der Waals surface area contributed by atoms with Crippen LogP contribution in [0.25, 0.3) is 0 Å². The summed E-state index contributed by atoms with van der Waals surface area (Å²) in [7, 11) is 0. The van der Waals surface area contributed by atoms with Crippen LogP contribution in [0.4, 0.5) is 0 Å². The summed E-state index contributed by atoms with van der Waals surface area (Å²) in [6.45, 7) is 11.1. The highest BCUT2D eigenvalue weighted by atomic mass is 16.6. The second kappa shape index (κ2) is 31.4.